The lowest BCUT2D eigenvalue weighted by Crippen LogP contribution is -2.15. The van der Waals surface area contributed by atoms with E-state index in [4.69, 9.17) is 0 Å². The minimum atomic E-state index is -2.91. The fourth-order valence-corrected chi connectivity index (χ4v) is 1.68. The van der Waals surface area contributed by atoms with Crippen molar-refractivity contribution in [2.45, 2.75) is 0 Å². The summed E-state index contributed by atoms with van der Waals surface area (Å²) in [6, 6.07) is 0. The summed E-state index contributed by atoms with van der Waals surface area (Å²) in [5.41, 5.74) is 0. The molecule has 1 N–H and O–H groups in total. The van der Waals surface area contributed by atoms with Gasteiger partial charge in [0.2, 0.25) is 0 Å². The van der Waals surface area contributed by atoms with E-state index in [1.165, 1.54) is 18.7 Å². The van der Waals surface area contributed by atoms with E-state index in [0.29, 0.717) is 0 Å². The minimum Gasteiger partial charge on any atom is -0.303 e. The summed E-state index contributed by atoms with van der Waals surface area (Å²) in [4.78, 5) is 2.25. The normalized spacial score (nSPS) is 24.4. The zero-order chi connectivity index (χ0) is 9.73. The SMILES string of the molecule is CN1CCNC1.O=S1(=O)C=CC=C1. The average molecular weight is 202 g/mol. The maximum Gasteiger partial charge on any atom is 0.193 e. The van der Waals surface area contributed by atoms with Gasteiger partial charge in [0.1, 0.15) is 0 Å². The molecule has 5 heteroatoms. The van der Waals surface area contributed by atoms with Gasteiger partial charge in [0.05, 0.1) is 0 Å². The van der Waals surface area contributed by atoms with Crippen LogP contribution in [0.25, 0.3) is 0 Å². The van der Waals surface area contributed by atoms with Gasteiger partial charge in [-0.25, -0.2) is 8.42 Å². The molecule has 74 valence electrons. The van der Waals surface area contributed by atoms with Gasteiger partial charge in [-0.2, -0.15) is 0 Å². The summed E-state index contributed by atoms with van der Waals surface area (Å²) in [6.45, 7) is 3.44. The minimum absolute atomic E-state index is 1.07. The van der Waals surface area contributed by atoms with Crippen molar-refractivity contribution in [2.24, 2.45) is 0 Å². The second-order valence-corrected chi connectivity index (χ2v) is 4.71. The van der Waals surface area contributed by atoms with Crippen LogP contribution in [0.5, 0.6) is 0 Å². The molecule has 0 amide bonds. The lowest BCUT2D eigenvalue weighted by molar-refractivity contribution is 0.412. The average Bonchev–Trinajstić information content (AvgIpc) is 2.62. The Morgan fingerprint density at radius 2 is 1.92 bits per heavy atom. The molecule has 0 aromatic heterocycles. The van der Waals surface area contributed by atoms with E-state index < -0.39 is 9.84 Å². The highest BCUT2D eigenvalue weighted by molar-refractivity contribution is 7.97. The van der Waals surface area contributed by atoms with Crippen molar-refractivity contribution in [3.8, 4) is 0 Å². The van der Waals surface area contributed by atoms with Crippen molar-refractivity contribution in [1.82, 2.24) is 10.2 Å². The second-order valence-electron chi connectivity index (χ2n) is 2.98. The number of sulfone groups is 1. The van der Waals surface area contributed by atoms with E-state index in [0.717, 1.165) is 24.0 Å². The van der Waals surface area contributed by atoms with Gasteiger partial charge in [0.25, 0.3) is 0 Å². The van der Waals surface area contributed by atoms with Crippen LogP contribution in [0.15, 0.2) is 23.0 Å². The number of nitrogens with zero attached hydrogens (tertiary/aromatic N) is 1. The Morgan fingerprint density at radius 3 is 2.08 bits per heavy atom. The summed E-state index contributed by atoms with van der Waals surface area (Å²) in [7, 11) is -0.796. The van der Waals surface area contributed by atoms with Crippen molar-refractivity contribution in [1.29, 1.82) is 0 Å². The Bertz CT molecular complexity index is 282. The van der Waals surface area contributed by atoms with Gasteiger partial charge in [-0.15, -0.1) is 0 Å². The number of hydrogen-bond acceptors (Lipinski definition) is 4. The van der Waals surface area contributed by atoms with Gasteiger partial charge in [-0.3, -0.25) is 4.90 Å². The van der Waals surface area contributed by atoms with Crippen LogP contribution >= 0.6 is 0 Å². The summed E-state index contributed by atoms with van der Waals surface area (Å²) >= 11 is 0. The molecule has 4 nitrogen and oxygen atoms in total. The second kappa shape index (κ2) is 4.55. The molecule has 0 bridgehead atoms. The smallest absolute Gasteiger partial charge is 0.193 e. The lowest BCUT2D eigenvalue weighted by Gasteiger charge is -1.99. The van der Waals surface area contributed by atoms with E-state index in [1.54, 1.807) is 0 Å². The van der Waals surface area contributed by atoms with E-state index in [-0.39, 0.29) is 0 Å². The van der Waals surface area contributed by atoms with E-state index in [9.17, 15) is 8.42 Å². The van der Waals surface area contributed by atoms with Gasteiger partial charge in [0.15, 0.2) is 9.84 Å². The topological polar surface area (TPSA) is 49.4 Å². The van der Waals surface area contributed by atoms with E-state index >= 15 is 0 Å². The summed E-state index contributed by atoms with van der Waals surface area (Å²) in [6.07, 6.45) is 2.99. The van der Waals surface area contributed by atoms with Gasteiger partial charge in [-0.1, -0.05) is 0 Å². The fourth-order valence-electron chi connectivity index (χ4n) is 0.974. The van der Waals surface area contributed by atoms with E-state index in [1.807, 2.05) is 0 Å². The van der Waals surface area contributed by atoms with Crippen LogP contribution in [0, 0.1) is 0 Å². The summed E-state index contributed by atoms with van der Waals surface area (Å²) in [5, 5.41) is 5.52. The molecule has 0 aromatic rings. The van der Waals surface area contributed by atoms with Gasteiger partial charge >= 0.3 is 0 Å². The molecule has 0 atom stereocenters. The summed E-state index contributed by atoms with van der Waals surface area (Å²) < 4.78 is 20.5. The molecular weight excluding hydrogens is 188 g/mol. The van der Waals surface area contributed by atoms with Gasteiger partial charge in [0, 0.05) is 30.6 Å². The number of likely N-dealkylation sites (N-methyl/N-ethyl adjacent to an activating group) is 1. The van der Waals surface area contributed by atoms with Gasteiger partial charge in [-0.05, 0) is 19.2 Å². The molecule has 2 heterocycles. The Hall–Kier alpha value is -0.650. The summed E-state index contributed by atoms with van der Waals surface area (Å²) in [5.74, 6) is 0. The number of rotatable bonds is 0. The Morgan fingerprint density at radius 1 is 1.31 bits per heavy atom. The van der Waals surface area contributed by atoms with Crippen molar-refractivity contribution >= 4 is 9.84 Å². The van der Waals surface area contributed by atoms with Crippen LogP contribution in [0.2, 0.25) is 0 Å². The van der Waals surface area contributed by atoms with Crippen LogP contribution in [0.3, 0.4) is 0 Å². The van der Waals surface area contributed by atoms with Crippen LogP contribution in [-0.2, 0) is 9.84 Å². The fraction of sp³-hybridized carbons (Fsp3) is 0.500. The molecule has 0 aromatic carbocycles. The Balaban J connectivity index is 0.000000132. The molecule has 0 radical (unpaired) electrons. The largest absolute Gasteiger partial charge is 0.303 e. The van der Waals surface area contributed by atoms with Crippen molar-refractivity contribution < 1.29 is 8.42 Å². The molecular formula is C8H14N2O2S. The number of hydrogen-bond donors (Lipinski definition) is 1. The third-order valence-electron chi connectivity index (χ3n) is 1.70. The molecule has 2 rings (SSSR count). The molecule has 0 saturated carbocycles. The molecule has 0 aliphatic carbocycles. The highest BCUT2D eigenvalue weighted by Crippen LogP contribution is 2.01. The first kappa shape index (κ1) is 10.4. The van der Waals surface area contributed by atoms with Crippen molar-refractivity contribution in [3.63, 3.8) is 0 Å². The quantitative estimate of drug-likeness (QED) is 0.597. The van der Waals surface area contributed by atoms with Crippen molar-refractivity contribution in [2.75, 3.05) is 26.8 Å². The van der Waals surface area contributed by atoms with Gasteiger partial charge < -0.3 is 5.32 Å². The predicted molar refractivity (Wildman–Crippen MR) is 52.7 cm³/mol. The first-order valence-corrected chi connectivity index (χ1v) is 5.70. The Labute approximate surface area is 78.8 Å². The molecule has 0 spiro atoms. The highest BCUT2D eigenvalue weighted by atomic mass is 32.2. The van der Waals surface area contributed by atoms with Crippen LogP contribution in [0.4, 0.5) is 0 Å². The van der Waals surface area contributed by atoms with Crippen LogP contribution in [0.1, 0.15) is 0 Å². The molecule has 0 unspecified atom stereocenters. The standard InChI is InChI=1S/C4H10N2.C4H4O2S/c1-6-3-2-5-4-6;5-7(6)3-1-2-4-7/h5H,2-4H2,1H3;1-4H. The monoisotopic (exact) mass is 202 g/mol. The number of nitrogens with one attached hydrogen (secondary N) is 1. The Kier molecular flexibility index (Phi) is 3.65. The van der Waals surface area contributed by atoms with Crippen LogP contribution in [-0.4, -0.2) is 40.1 Å². The van der Waals surface area contributed by atoms with Crippen LogP contribution < -0.4 is 5.32 Å². The van der Waals surface area contributed by atoms with E-state index in [2.05, 4.69) is 17.3 Å². The van der Waals surface area contributed by atoms with Crippen molar-refractivity contribution in [3.05, 3.63) is 23.0 Å². The maximum absolute atomic E-state index is 10.3. The maximum atomic E-state index is 10.3. The lowest BCUT2D eigenvalue weighted by atomic mass is 10.6. The predicted octanol–water partition coefficient (Wildman–Crippen LogP) is -0.0789. The third-order valence-corrected chi connectivity index (χ3v) is 2.77. The zero-order valence-corrected chi connectivity index (χ0v) is 8.42. The molecule has 1 fully saturated rings. The highest BCUT2D eigenvalue weighted by Gasteiger charge is 2.01. The first-order valence-electron chi connectivity index (χ1n) is 4.09. The molecule has 13 heavy (non-hydrogen) atoms. The zero-order valence-electron chi connectivity index (χ0n) is 7.60. The first-order chi connectivity index (χ1) is 6.10. The number of allylic oxidation sites excluding steroid dienone is 2. The third kappa shape index (κ3) is 4.21. The molecule has 2 aliphatic rings. The molecule has 1 saturated heterocycles. The molecule has 2 aliphatic heterocycles.